The van der Waals surface area contributed by atoms with Crippen LogP contribution in [0.2, 0.25) is 0 Å². The average Bonchev–Trinajstić information content (AvgIpc) is 2.46. The molecule has 2 rings (SSSR count). The van der Waals surface area contributed by atoms with E-state index in [1.165, 1.54) is 24.8 Å². The van der Waals surface area contributed by atoms with E-state index in [9.17, 15) is 0 Å². The van der Waals surface area contributed by atoms with Crippen molar-refractivity contribution in [1.82, 2.24) is 0 Å². The van der Waals surface area contributed by atoms with Crippen molar-refractivity contribution in [3.05, 3.63) is 35.9 Å². The summed E-state index contributed by atoms with van der Waals surface area (Å²) in [6.45, 7) is 3.15. The van der Waals surface area contributed by atoms with Crippen molar-refractivity contribution in [1.29, 1.82) is 0 Å². The molecule has 4 heteroatoms. The molecular weight excluding hydrogens is 254 g/mol. The third kappa shape index (κ3) is 4.10. The molecule has 19 heavy (non-hydrogen) atoms. The van der Waals surface area contributed by atoms with Crippen molar-refractivity contribution in [3.63, 3.8) is 0 Å². The third-order valence-corrected chi connectivity index (χ3v) is 4.11. The van der Waals surface area contributed by atoms with Gasteiger partial charge in [0, 0.05) is 5.56 Å². The van der Waals surface area contributed by atoms with Crippen LogP contribution in [0.4, 0.5) is 0 Å². The summed E-state index contributed by atoms with van der Waals surface area (Å²) in [5.74, 6) is 0.862. The third-order valence-electron chi connectivity index (χ3n) is 3.18. The Morgan fingerprint density at radius 1 is 1.21 bits per heavy atom. The van der Waals surface area contributed by atoms with Gasteiger partial charge < -0.3 is 0 Å². The van der Waals surface area contributed by atoms with Crippen molar-refractivity contribution in [2.75, 3.05) is 12.3 Å². The van der Waals surface area contributed by atoms with E-state index in [4.69, 9.17) is 10.8 Å². The van der Waals surface area contributed by atoms with Crippen LogP contribution in [0.5, 0.6) is 0 Å². The lowest BCUT2D eigenvalue weighted by Crippen LogP contribution is -2.29. The Balaban J connectivity index is 2.03. The smallest absolute Gasteiger partial charge is 0.280 e. The maximum absolute atomic E-state index is 6.03. The number of amidine groups is 1. The number of hydrogen-bond acceptors (Lipinski definition) is 3. The average molecular weight is 276 g/mol. The normalized spacial score (nSPS) is 15.5. The molecule has 0 aliphatic carbocycles. The number of benzene rings is 1. The number of thioether (sulfide) groups is 1. The molecule has 0 bridgehead atoms. The largest absolute Gasteiger partial charge is 0.329 e. The molecule has 2 N–H and O–H groups in total. The molecule has 1 aliphatic rings. The fourth-order valence-corrected chi connectivity index (χ4v) is 2.85. The van der Waals surface area contributed by atoms with E-state index < -0.39 is 0 Å². The highest BCUT2D eigenvalue weighted by Crippen LogP contribution is 2.14. The summed E-state index contributed by atoms with van der Waals surface area (Å²) >= 11 is 1.68. The van der Waals surface area contributed by atoms with Gasteiger partial charge in [-0.3, -0.25) is 5.73 Å². The number of nitrogens with two attached hydrogens (primary N) is 1. The van der Waals surface area contributed by atoms with Gasteiger partial charge in [0.05, 0.1) is 5.75 Å². The zero-order chi connectivity index (χ0) is 13.5. The Bertz CT molecular complexity index is 466. The SMILES string of the molecule is CCCCCC[N+]1=C(N)SCC(c2ccccc2)=N1. The molecule has 0 unspecified atom stereocenters. The van der Waals surface area contributed by atoms with Crippen molar-refractivity contribution >= 4 is 22.6 Å². The fraction of sp³-hybridized carbons (Fsp3) is 0.467. The van der Waals surface area contributed by atoms with Gasteiger partial charge in [-0.1, -0.05) is 55.2 Å². The minimum atomic E-state index is 0.830. The lowest BCUT2D eigenvalue weighted by Gasteiger charge is -2.12. The number of rotatable bonds is 6. The Labute approximate surface area is 119 Å². The van der Waals surface area contributed by atoms with Crippen molar-refractivity contribution < 1.29 is 4.68 Å². The first-order valence-corrected chi connectivity index (χ1v) is 7.95. The molecule has 1 aromatic rings. The Hall–Kier alpha value is -1.29. The van der Waals surface area contributed by atoms with E-state index in [0.29, 0.717) is 0 Å². The number of hydrazone groups is 1. The van der Waals surface area contributed by atoms with Crippen LogP contribution < -0.4 is 5.73 Å². The van der Waals surface area contributed by atoms with E-state index in [1.807, 2.05) is 10.8 Å². The van der Waals surface area contributed by atoms with Gasteiger partial charge >= 0.3 is 5.17 Å². The summed E-state index contributed by atoms with van der Waals surface area (Å²) in [7, 11) is 0. The van der Waals surface area contributed by atoms with Gasteiger partial charge in [-0.05, 0) is 24.6 Å². The van der Waals surface area contributed by atoms with E-state index in [-0.39, 0.29) is 0 Å². The van der Waals surface area contributed by atoms with Gasteiger partial charge in [0.2, 0.25) is 0 Å². The topological polar surface area (TPSA) is 41.4 Å². The zero-order valence-corrected chi connectivity index (χ0v) is 12.3. The van der Waals surface area contributed by atoms with Gasteiger partial charge in [0.25, 0.3) is 0 Å². The summed E-state index contributed by atoms with van der Waals surface area (Å²) in [6.07, 6.45) is 4.95. The molecule has 0 radical (unpaired) electrons. The molecule has 0 saturated carbocycles. The number of nitrogens with zero attached hydrogens (tertiary/aromatic N) is 2. The van der Waals surface area contributed by atoms with Crippen molar-refractivity contribution in [3.8, 4) is 0 Å². The highest BCUT2D eigenvalue weighted by Gasteiger charge is 2.19. The zero-order valence-electron chi connectivity index (χ0n) is 11.5. The molecule has 102 valence electrons. The van der Waals surface area contributed by atoms with Crippen LogP contribution in [-0.2, 0) is 0 Å². The lowest BCUT2D eigenvalue weighted by molar-refractivity contribution is -0.532. The van der Waals surface area contributed by atoms with Gasteiger partial charge in [-0.15, -0.1) is 4.68 Å². The summed E-state index contributed by atoms with van der Waals surface area (Å²) in [5.41, 5.74) is 8.35. The predicted octanol–water partition coefficient (Wildman–Crippen LogP) is 3.05. The molecule has 0 saturated heterocycles. The van der Waals surface area contributed by atoms with E-state index in [2.05, 4.69) is 31.2 Å². The van der Waals surface area contributed by atoms with Crippen LogP contribution in [0.25, 0.3) is 0 Å². The second-order valence-electron chi connectivity index (χ2n) is 4.72. The van der Waals surface area contributed by atoms with Crippen LogP contribution >= 0.6 is 11.8 Å². The second-order valence-corrected chi connectivity index (χ2v) is 5.72. The number of hydrogen-bond donors (Lipinski definition) is 1. The molecule has 0 spiro atoms. The molecule has 0 atom stereocenters. The molecule has 0 amide bonds. The maximum Gasteiger partial charge on any atom is 0.329 e. The van der Waals surface area contributed by atoms with E-state index in [0.717, 1.165) is 29.6 Å². The molecule has 1 heterocycles. The Morgan fingerprint density at radius 2 is 2.00 bits per heavy atom. The van der Waals surface area contributed by atoms with Gasteiger partial charge in [-0.25, -0.2) is 0 Å². The van der Waals surface area contributed by atoms with Crippen LogP contribution in [0.15, 0.2) is 35.4 Å². The van der Waals surface area contributed by atoms with Crippen LogP contribution in [-0.4, -0.2) is 27.9 Å². The van der Waals surface area contributed by atoms with Crippen LogP contribution in [0, 0.1) is 0 Å². The Morgan fingerprint density at radius 3 is 2.74 bits per heavy atom. The first kappa shape index (κ1) is 14.1. The first-order valence-electron chi connectivity index (χ1n) is 6.97. The second kappa shape index (κ2) is 7.34. The van der Waals surface area contributed by atoms with Gasteiger partial charge in [0.15, 0.2) is 0 Å². The highest BCUT2D eigenvalue weighted by molar-refractivity contribution is 8.14. The highest BCUT2D eigenvalue weighted by atomic mass is 32.2. The summed E-state index contributed by atoms with van der Waals surface area (Å²) in [6, 6.07) is 10.3. The van der Waals surface area contributed by atoms with Crippen LogP contribution in [0.3, 0.4) is 0 Å². The van der Waals surface area contributed by atoms with Crippen molar-refractivity contribution in [2.45, 2.75) is 32.6 Å². The molecule has 1 aromatic carbocycles. The van der Waals surface area contributed by atoms with Crippen LogP contribution in [0.1, 0.15) is 38.2 Å². The summed E-state index contributed by atoms with van der Waals surface area (Å²) < 4.78 is 1.96. The monoisotopic (exact) mass is 276 g/mol. The lowest BCUT2D eigenvalue weighted by atomic mass is 10.1. The molecule has 1 aliphatic heterocycles. The molecule has 3 nitrogen and oxygen atoms in total. The predicted molar refractivity (Wildman–Crippen MR) is 83.9 cm³/mol. The van der Waals surface area contributed by atoms with E-state index in [1.54, 1.807) is 11.8 Å². The molecule has 0 aromatic heterocycles. The summed E-state index contributed by atoms with van der Waals surface area (Å²) in [5, 5.41) is 5.53. The van der Waals surface area contributed by atoms with Gasteiger partial charge in [0.1, 0.15) is 12.3 Å². The molecular formula is C15H22N3S+. The fourth-order valence-electron chi connectivity index (χ4n) is 2.06. The quantitative estimate of drug-likeness (QED) is 0.641. The van der Waals surface area contributed by atoms with Gasteiger partial charge in [-0.2, -0.15) is 0 Å². The number of unbranched alkanes of at least 4 members (excludes halogenated alkanes) is 3. The molecule has 0 fully saturated rings. The maximum atomic E-state index is 6.03. The first-order chi connectivity index (χ1) is 9.31. The minimum absolute atomic E-state index is 0.830. The standard InChI is InChI=1S/C15H21N3S/c1-2-3-4-8-11-18-15(16)19-12-14(17-18)13-9-6-5-7-10-13/h5-7,9-10,16H,2-4,8,11-12H2,1H3/p+1. The summed E-state index contributed by atoms with van der Waals surface area (Å²) in [4.78, 5) is 0. The van der Waals surface area contributed by atoms with E-state index >= 15 is 0 Å². The Kier molecular flexibility index (Phi) is 5.45. The minimum Gasteiger partial charge on any atom is -0.280 e. The van der Waals surface area contributed by atoms with Crippen molar-refractivity contribution in [2.24, 2.45) is 10.8 Å².